The first-order valence-electron chi connectivity index (χ1n) is 7.87. The number of guanidine groups is 1. The van der Waals surface area contributed by atoms with Crippen molar-refractivity contribution in [3.05, 3.63) is 30.1 Å². The summed E-state index contributed by atoms with van der Waals surface area (Å²) in [5, 5.41) is 27.9. The van der Waals surface area contributed by atoms with E-state index < -0.39 is 11.1 Å². The number of hydrogen-bond acceptors (Lipinski definition) is 3. The maximum absolute atomic E-state index is 13.3. The molecular formula is C17H23FN5O. The van der Waals surface area contributed by atoms with E-state index >= 15 is 0 Å². The van der Waals surface area contributed by atoms with E-state index in [0.717, 1.165) is 5.06 Å². The van der Waals surface area contributed by atoms with Gasteiger partial charge in [-0.2, -0.15) is 5.26 Å². The average Bonchev–Trinajstić information content (AvgIpc) is 2.44. The first-order valence-corrected chi connectivity index (χ1v) is 7.87. The van der Waals surface area contributed by atoms with E-state index in [9.17, 15) is 9.60 Å². The lowest BCUT2D eigenvalue weighted by Gasteiger charge is -2.48. The molecule has 1 radical (unpaired) electrons. The molecule has 6 nitrogen and oxygen atoms in total. The molecule has 1 aromatic rings. The number of nitriles is 1. The van der Waals surface area contributed by atoms with E-state index in [4.69, 9.17) is 5.26 Å². The molecule has 1 saturated heterocycles. The van der Waals surface area contributed by atoms with Gasteiger partial charge in [0.1, 0.15) is 5.82 Å². The van der Waals surface area contributed by atoms with Crippen LogP contribution in [0.1, 0.15) is 40.5 Å². The molecule has 0 bridgehead atoms. The second-order valence-corrected chi connectivity index (χ2v) is 7.33. The fourth-order valence-electron chi connectivity index (χ4n) is 3.34. The summed E-state index contributed by atoms with van der Waals surface area (Å²) in [6.45, 7) is 7.56. The van der Waals surface area contributed by atoms with Gasteiger partial charge in [-0.15, -0.1) is 10.3 Å². The van der Waals surface area contributed by atoms with Crippen molar-refractivity contribution in [1.29, 1.82) is 5.26 Å². The summed E-state index contributed by atoms with van der Waals surface area (Å²) in [7, 11) is 0. The molecule has 2 rings (SSSR count). The first-order chi connectivity index (χ1) is 11.1. The Balaban J connectivity index is 2.22. The molecule has 0 saturated carbocycles. The molecule has 0 amide bonds. The fraction of sp³-hybridized carbons (Fsp3) is 0.529. The summed E-state index contributed by atoms with van der Waals surface area (Å²) in [4.78, 5) is 4.56. The number of anilines is 1. The highest BCUT2D eigenvalue weighted by Gasteiger charge is 2.46. The molecule has 1 heterocycles. The molecule has 7 heteroatoms. The quantitative estimate of drug-likeness (QED) is 0.377. The molecule has 1 aliphatic rings. The van der Waals surface area contributed by atoms with Crippen LogP contribution in [-0.4, -0.2) is 28.1 Å². The molecule has 0 aromatic heterocycles. The van der Waals surface area contributed by atoms with Crippen molar-refractivity contribution in [2.45, 2.75) is 57.7 Å². The van der Waals surface area contributed by atoms with Crippen LogP contribution < -0.4 is 10.6 Å². The number of aliphatic imine (C=N–C) groups is 1. The summed E-state index contributed by atoms with van der Waals surface area (Å²) in [6, 6.07) is 5.80. The number of benzene rings is 1. The Morgan fingerprint density at radius 2 is 1.96 bits per heavy atom. The molecule has 2 N–H and O–H groups in total. The van der Waals surface area contributed by atoms with Crippen molar-refractivity contribution in [2.24, 2.45) is 4.99 Å². The monoisotopic (exact) mass is 332 g/mol. The van der Waals surface area contributed by atoms with Crippen molar-refractivity contribution in [1.82, 2.24) is 10.4 Å². The number of hydrogen-bond donors (Lipinski definition) is 2. The van der Waals surface area contributed by atoms with E-state index in [1.54, 1.807) is 12.1 Å². The van der Waals surface area contributed by atoms with Gasteiger partial charge in [0.15, 0.2) is 6.19 Å². The van der Waals surface area contributed by atoms with E-state index in [-0.39, 0.29) is 17.8 Å². The van der Waals surface area contributed by atoms with E-state index in [1.807, 2.05) is 33.9 Å². The third-order valence-electron chi connectivity index (χ3n) is 4.14. The standard InChI is InChI=1S/C17H23FN5O/c1-16(2)9-14(10-17(3,4)23(16)24)22-15(20-11-19)21-13-7-5-6-12(18)8-13/h5-8,14H,9-10H2,1-4H3,(H2,20,21,22). The van der Waals surface area contributed by atoms with Gasteiger partial charge >= 0.3 is 0 Å². The lowest BCUT2D eigenvalue weighted by molar-refractivity contribution is -0.288. The Kier molecular flexibility index (Phi) is 5.11. The first kappa shape index (κ1) is 18.2. The van der Waals surface area contributed by atoms with Crippen LogP contribution in [0.2, 0.25) is 0 Å². The molecule has 0 aliphatic carbocycles. The smallest absolute Gasteiger partial charge is 0.209 e. The van der Waals surface area contributed by atoms with Gasteiger partial charge in [0.25, 0.3) is 0 Å². The van der Waals surface area contributed by atoms with Gasteiger partial charge in [0, 0.05) is 16.8 Å². The van der Waals surface area contributed by atoms with Gasteiger partial charge in [-0.1, -0.05) is 6.07 Å². The number of rotatable bonds is 2. The number of piperidine rings is 1. The van der Waals surface area contributed by atoms with Crippen LogP contribution in [0.4, 0.5) is 10.1 Å². The number of nitrogens with one attached hydrogen (secondary N) is 2. The summed E-state index contributed by atoms with van der Waals surface area (Å²) in [6.07, 6.45) is 2.97. The topological polar surface area (TPSA) is 83.3 Å². The van der Waals surface area contributed by atoms with Crippen LogP contribution in [-0.2, 0) is 5.21 Å². The average molecular weight is 332 g/mol. The molecule has 0 atom stereocenters. The van der Waals surface area contributed by atoms with Crippen molar-refractivity contribution in [3.63, 3.8) is 0 Å². The highest BCUT2D eigenvalue weighted by Crippen LogP contribution is 2.38. The fourth-order valence-corrected chi connectivity index (χ4v) is 3.34. The lowest BCUT2D eigenvalue weighted by atomic mass is 9.79. The number of nitrogens with zero attached hydrogens (tertiary/aromatic N) is 3. The summed E-state index contributed by atoms with van der Waals surface area (Å²) >= 11 is 0. The Morgan fingerprint density at radius 3 is 2.50 bits per heavy atom. The van der Waals surface area contributed by atoms with Crippen LogP contribution in [0, 0.1) is 17.3 Å². The number of hydroxylamine groups is 2. The van der Waals surface area contributed by atoms with Gasteiger partial charge in [0.05, 0.1) is 6.04 Å². The molecule has 129 valence electrons. The Labute approximate surface area is 142 Å². The summed E-state index contributed by atoms with van der Waals surface area (Å²) in [5.41, 5.74) is -0.602. The van der Waals surface area contributed by atoms with Crippen molar-refractivity contribution >= 4 is 11.6 Å². The highest BCUT2D eigenvalue weighted by atomic mass is 19.1. The SMILES string of the molecule is CC1(C)CC(N=C(NC#N)Nc2cccc(F)c2)CC(C)(C)N1[O]. The zero-order valence-corrected chi connectivity index (χ0v) is 14.4. The molecule has 1 aliphatic heterocycles. The third-order valence-corrected chi connectivity index (χ3v) is 4.14. The predicted molar refractivity (Wildman–Crippen MR) is 89.9 cm³/mol. The zero-order valence-electron chi connectivity index (χ0n) is 14.4. The van der Waals surface area contributed by atoms with Crippen molar-refractivity contribution in [2.75, 3.05) is 5.32 Å². The zero-order chi connectivity index (χ0) is 18.0. The summed E-state index contributed by atoms with van der Waals surface area (Å²) < 4.78 is 13.3. The molecule has 0 spiro atoms. The van der Waals surface area contributed by atoms with Crippen LogP contribution >= 0.6 is 0 Å². The maximum atomic E-state index is 13.3. The largest absolute Gasteiger partial charge is 0.325 e. The predicted octanol–water partition coefficient (Wildman–Crippen LogP) is 3.03. The van der Waals surface area contributed by atoms with Gasteiger partial charge in [-0.3, -0.25) is 5.32 Å². The summed E-state index contributed by atoms with van der Waals surface area (Å²) in [5.74, 6) is -0.128. The van der Waals surface area contributed by atoms with Crippen LogP contribution in [0.15, 0.2) is 29.3 Å². The molecule has 24 heavy (non-hydrogen) atoms. The van der Waals surface area contributed by atoms with Gasteiger partial charge in [0.2, 0.25) is 5.96 Å². The minimum absolute atomic E-state index is 0.128. The van der Waals surface area contributed by atoms with Crippen LogP contribution in [0.5, 0.6) is 0 Å². The van der Waals surface area contributed by atoms with Gasteiger partial charge in [-0.05, 0) is 58.7 Å². The highest BCUT2D eigenvalue weighted by molar-refractivity contribution is 5.94. The molecule has 1 fully saturated rings. The second kappa shape index (κ2) is 6.75. The minimum Gasteiger partial charge on any atom is -0.325 e. The maximum Gasteiger partial charge on any atom is 0.209 e. The van der Waals surface area contributed by atoms with Gasteiger partial charge in [-0.25, -0.2) is 9.38 Å². The van der Waals surface area contributed by atoms with Gasteiger partial charge < -0.3 is 5.32 Å². The second-order valence-electron chi connectivity index (χ2n) is 7.33. The third kappa shape index (κ3) is 4.22. The Bertz CT molecular complexity index is 647. The van der Waals surface area contributed by atoms with E-state index in [0.29, 0.717) is 18.5 Å². The Hall–Kier alpha value is -2.17. The minimum atomic E-state index is -0.549. The van der Waals surface area contributed by atoms with E-state index in [1.165, 1.54) is 12.1 Å². The normalized spacial score (nSPS) is 21.1. The van der Waals surface area contributed by atoms with Crippen LogP contribution in [0.3, 0.4) is 0 Å². The van der Waals surface area contributed by atoms with Crippen molar-refractivity contribution < 1.29 is 9.60 Å². The molecule has 0 unspecified atom stereocenters. The lowest BCUT2D eigenvalue weighted by Crippen LogP contribution is -2.59. The van der Waals surface area contributed by atoms with E-state index in [2.05, 4.69) is 15.6 Å². The molecular weight excluding hydrogens is 309 g/mol. The van der Waals surface area contributed by atoms with Crippen molar-refractivity contribution in [3.8, 4) is 6.19 Å². The Morgan fingerprint density at radius 1 is 1.33 bits per heavy atom. The van der Waals surface area contributed by atoms with Crippen LogP contribution in [0.25, 0.3) is 0 Å². The number of halogens is 1. The molecule has 1 aromatic carbocycles.